The number of anilines is 1. The fraction of sp³-hybridized carbons (Fsp3) is 0.235. The third kappa shape index (κ3) is 5.14. The van der Waals surface area contributed by atoms with Gasteiger partial charge in [0.25, 0.3) is 5.91 Å². The lowest BCUT2D eigenvalue weighted by molar-refractivity contribution is -0.118. The van der Waals surface area contributed by atoms with E-state index in [2.05, 4.69) is 5.32 Å². The summed E-state index contributed by atoms with van der Waals surface area (Å²) in [4.78, 5) is 11.9. The molecular weight excluding hydrogens is 321 g/mol. The second kappa shape index (κ2) is 8.39. The zero-order valence-electron chi connectivity index (χ0n) is 12.6. The molecule has 0 aromatic heterocycles. The summed E-state index contributed by atoms with van der Waals surface area (Å²) in [5.41, 5.74) is 0.403. The van der Waals surface area contributed by atoms with Crippen LogP contribution in [0.3, 0.4) is 0 Å². The number of ether oxygens (including phenoxy) is 2. The summed E-state index contributed by atoms with van der Waals surface area (Å²) in [7, 11) is 0. The maximum atomic E-state index is 13.1. The topological polar surface area (TPSA) is 47.6 Å². The number of hydrogen-bond acceptors (Lipinski definition) is 3. The third-order valence-electron chi connectivity index (χ3n) is 2.87. The second-order valence-corrected chi connectivity index (χ2v) is 5.17. The van der Waals surface area contributed by atoms with Gasteiger partial charge in [0.05, 0.1) is 11.6 Å². The number of hydrogen-bond donors (Lipinski definition) is 1. The minimum absolute atomic E-state index is 0.0537. The summed E-state index contributed by atoms with van der Waals surface area (Å²) < 4.78 is 24.1. The first-order valence-electron chi connectivity index (χ1n) is 7.19. The standard InChI is InChI=1S/C17H17ClFNO3/c1-2-9-22-15-5-3-4-6-16(15)23-11-17(21)20-12-7-8-14(19)13(18)10-12/h3-8,10H,2,9,11H2,1H3,(H,20,21). The average Bonchev–Trinajstić information content (AvgIpc) is 2.55. The lowest BCUT2D eigenvalue weighted by Crippen LogP contribution is -2.20. The molecule has 0 radical (unpaired) electrons. The van der Waals surface area contributed by atoms with Crippen molar-refractivity contribution in [2.75, 3.05) is 18.5 Å². The average molecular weight is 338 g/mol. The molecule has 23 heavy (non-hydrogen) atoms. The van der Waals surface area contributed by atoms with Crippen LogP contribution in [0.15, 0.2) is 42.5 Å². The Morgan fingerprint density at radius 1 is 1.17 bits per heavy atom. The molecule has 4 nitrogen and oxygen atoms in total. The van der Waals surface area contributed by atoms with Gasteiger partial charge in [-0.05, 0) is 36.8 Å². The van der Waals surface area contributed by atoms with Gasteiger partial charge in [-0.15, -0.1) is 0 Å². The van der Waals surface area contributed by atoms with E-state index in [4.69, 9.17) is 21.1 Å². The molecule has 122 valence electrons. The Labute approximate surface area is 139 Å². The smallest absolute Gasteiger partial charge is 0.262 e. The minimum Gasteiger partial charge on any atom is -0.490 e. The molecule has 0 fully saturated rings. The number of halogens is 2. The highest BCUT2D eigenvalue weighted by Crippen LogP contribution is 2.26. The van der Waals surface area contributed by atoms with Gasteiger partial charge in [-0.2, -0.15) is 0 Å². The highest BCUT2D eigenvalue weighted by atomic mass is 35.5. The maximum absolute atomic E-state index is 13.1. The molecule has 0 spiro atoms. The van der Waals surface area contributed by atoms with Crippen molar-refractivity contribution in [1.82, 2.24) is 0 Å². The number of para-hydroxylation sites is 2. The van der Waals surface area contributed by atoms with Crippen molar-refractivity contribution in [1.29, 1.82) is 0 Å². The monoisotopic (exact) mass is 337 g/mol. The molecule has 0 saturated carbocycles. The lowest BCUT2D eigenvalue weighted by atomic mass is 10.3. The SMILES string of the molecule is CCCOc1ccccc1OCC(=O)Nc1ccc(F)c(Cl)c1. The van der Waals surface area contributed by atoms with Crippen molar-refractivity contribution in [3.8, 4) is 11.5 Å². The van der Waals surface area contributed by atoms with Gasteiger partial charge in [0, 0.05) is 5.69 Å². The molecule has 0 aliphatic rings. The number of benzene rings is 2. The number of nitrogens with one attached hydrogen (secondary N) is 1. The van der Waals surface area contributed by atoms with E-state index in [1.54, 1.807) is 18.2 Å². The van der Waals surface area contributed by atoms with Crippen molar-refractivity contribution in [2.45, 2.75) is 13.3 Å². The number of amides is 1. The van der Waals surface area contributed by atoms with Crippen LogP contribution in [-0.4, -0.2) is 19.1 Å². The molecule has 1 amide bonds. The number of rotatable bonds is 7. The summed E-state index contributed by atoms with van der Waals surface area (Å²) in [5.74, 6) is 0.168. The molecule has 0 atom stereocenters. The van der Waals surface area contributed by atoms with Crippen molar-refractivity contribution in [2.24, 2.45) is 0 Å². The quantitative estimate of drug-likeness (QED) is 0.820. The van der Waals surface area contributed by atoms with Crippen LogP contribution in [0.25, 0.3) is 0 Å². The van der Waals surface area contributed by atoms with E-state index < -0.39 is 5.82 Å². The van der Waals surface area contributed by atoms with Crippen LogP contribution in [0.2, 0.25) is 5.02 Å². The van der Waals surface area contributed by atoms with Gasteiger partial charge in [-0.3, -0.25) is 4.79 Å². The highest BCUT2D eigenvalue weighted by molar-refractivity contribution is 6.31. The predicted octanol–water partition coefficient (Wildman–Crippen LogP) is 4.29. The summed E-state index contributed by atoms with van der Waals surface area (Å²) in [6.45, 7) is 2.38. The Balaban J connectivity index is 1.92. The van der Waals surface area contributed by atoms with Gasteiger partial charge in [0.1, 0.15) is 5.82 Å². The van der Waals surface area contributed by atoms with Crippen molar-refractivity contribution < 1.29 is 18.7 Å². The zero-order chi connectivity index (χ0) is 16.7. The second-order valence-electron chi connectivity index (χ2n) is 4.76. The van der Waals surface area contributed by atoms with Crippen LogP contribution in [0, 0.1) is 5.82 Å². The molecule has 0 aliphatic heterocycles. The van der Waals surface area contributed by atoms with E-state index >= 15 is 0 Å². The fourth-order valence-electron chi connectivity index (χ4n) is 1.81. The van der Waals surface area contributed by atoms with E-state index in [1.165, 1.54) is 18.2 Å². The summed E-state index contributed by atoms with van der Waals surface area (Å²) >= 11 is 5.67. The largest absolute Gasteiger partial charge is 0.490 e. The minimum atomic E-state index is -0.539. The normalized spacial score (nSPS) is 10.2. The summed E-state index contributed by atoms with van der Waals surface area (Å²) in [6, 6.07) is 11.1. The van der Waals surface area contributed by atoms with E-state index in [9.17, 15) is 9.18 Å². The van der Waals surface area contributed by atoms with Crippen LogP contribution in [-0.2, 0) is 4.79 Å². The Bertz CT molecular complexity index is 679. The first-order chi connectivity index (χ1) is 11.1. The molecule has 0 aliphatic carbocycles. The molecule has 0 heterocycles. The first kappa shape index (κ1) is 17.1. The van der Waals surface area contributed by atoms with Crippen molar-refractivity contribution in [3.63, 3.8) is 0 Å². The third-order valence-corrected chi connectivity index (χ3v) is 3.16. The maximum Gasteiger partial charge on any atom is 0.262 e. The molecule has 0 bridgehead atoms. The number of carbonyl (C=O) groups excluding carboxylic acids is 1. The zero-order valence-corrected chi connectivity index (χ0v) is 13.4. The first-order valence-corrected chi connectivity index (χ1v) is 7.57. The van der Waals surface area contributed by atoms with Crippen LogP contribution in [0.5, 0.6) is 11.5 Å². The molecule has 6 heteroatoms. The van der Waals surface area contributed by atoms with E-state index in [0.717, 1.165) is 6.42 Å². The molecule has 2 aromatic rings. The lowest BCUT2D eigenvalue weighted by Gasteiger charge is -2.12. The Hall–Kier alpha value is -2.27. The Morgan fingerprint density at radius 3 is 2.52 bits per heavy atom. The van der Waals surface area contributed by atoms with Crippen LogP contribution in [0.1, 0.15) is 13.3 Å². The van der Waals surface area contributed by atoms with Crippen molar-refractivity contribution >= 4 is 23.2 Å². The Morgan fingerprint density at radius 2 is 1.87 bits per heavy atom. The molecule has 1 N–H and O–H groups in total. The van der Waals surface area contributed by atoms with E-state index in [-0.39, 0.29) is 17.5 Å². The van der Waals surface area contributed by atoms with Gasteiger partial charge >= 0.3 is 0 Å². The molecule has 2 aromatic carbocycles. The van der Waals surface area contributed by atoms with Gasteiger partial charge in [0.15, 0.2) is 18.1 Å². The van der Waals surface area contributed by atoms with Crippen LogP contribution >= 0.6 is 11.6 Å². The fourth-order valence-corrected chi connectivity index (χ4v) is 2.00. The summed E-state index contributed by atoms with van der Waals surface area (Å²) in [5, 5.41) is 2.53. The van der Waals surface area contributed by atoms with E-state index in [0.29, 0.717) is 23.8 Å². The molecule has 2 rings (SSSR count). The van der Waals surface area contributed by atoms with Gasteiger partial charge < -0.3 is 14.8 Å². The Kier molecular flexibility index (Phi) is 6.23. The van der Waals surface area contributed by atoms with Gasteiger partial charge in [0.2, 0.25) is 0 Å². The van der Waals surface area contributed by atoms with Crippen molar-refractivity contribution in [3.05, 3.63) is 53.3 Å². The van der Waals surface area contributed by atoms with E-state index in [1.807, 2.05) is 13.0 Å². The predicted molar refractivity (Wildman–Crippen MR) is 87.8 cm³/mol. The summed E-state index contributed by atoms with van der Waals surface area (Å²) in [6.07, 6.45) is 0.875. The highest BCUT2D eigenvalue weighted by Gasteiger charge is 2.09. The molecule has 0 unspecified atom stereocenters. The van der Waals surface area contributed by atoms with Gasteiger partial charge in [-0.1, -0.05) is 30.7 Å². The molecule has 0 saturated heterocycles. The van der Waals surface area contributed by atoms with Crippen LogP contribution < -0.4 is 14.8 Å². The van der Waals surface area contributed by atoms with Gasteiger partial charge in [-0.25, -0.2) is 4.39 Å². The number of carbonyl (C=O) groups is 1. The molecular formula is C17H17ClFNO3. The van der Waals surface area contributed by atoms with Crippen LogP contribution in [0.4, 0.5) is 10.1 Å².